The normalized spacial score (nSPS) is 15.6. The summed E-state index contributed by atoms with van der Waals surface area (Å²) in [6.07, 6.45) is 0.987. The topological polar surface area (TPSA) is 119 Å². The molecule has 9 nitrogen and oxygen atoms in total. The first-order chi connectivity index (χ1) is 12.7. The van der Waals surface area contributed by atoms with Gasteiger partial charge in [0, 0.05) is 32.1 Å². The summed E-state index contributed by atoms with van der Waals surface area (Å²) in [6.45, 7) is 0.477. The first-order valence-electron chi connectivity index (χ1n) is 8.46. The number of rotatable bonds is 7. The summed E-state index contributed by atoms with van der Waals surface area (Å²) < 4.78 is 36.8. The van der Waals surface area contributed by atoms with Gasteiger partial charge in [0.25, 0.3) is 0 Å². The van der Waals surface area contributed by atoms with Gasteiger partial charge in [-0.3, -0.25) is 9.59 Å². The number of primary amides is 1. The van der Waals surface area contributed by atoms with Gasteiger partial charge in [0.15, 0.2) is 11.5 Å². The second-order valence-corrected chi connectivity index (χ2v) is 8.38. The number of likely N-dealkylation sites (tertiary alicyclic amines) is 1. The van der Waals surface area contributed by atoms with Crippen LogP contribution in [-0.4, -0.2) is 70.3 Å². The number of sulfonamides is 1. The fraction of sp³-hybridized carbons (Fsp3) is 0.529. The monoisotopic (exact) mass is 399 g/mol. The van der Waals surface area contributed by atoms with Crippen LogP contribution in [0.3, 0.4) is 0 Å². The van der Waals surface area contributed by atoms with E-state index in [2.05, 4.69) is 0 Å². The van der Waals surface area contributed by atoms with Crippen LogP contribution in [-0.2, 0) is 19.6 Å². The van der Waals surface area contributed by atoms with E-state index in [1.54, 1.807) is 4.90 Å². The number of carbonyl (C=O) groups excluding carboxylic acids is 2. The van der Waals surface area contributed by atoms with Crippen molar-refractivity contribution in [1.29, 1.82) is 0 Å². The zero-order valence-corrected chi connectivity index (χ0v) is 16.5. The summed E-state index contributed by atoms with van der Waals surface area (Å²) >= 11 is 0. The standard InChI is InChI=1S/C17H25N3O6S/c1-19(11-16(21)20-8-6-12(7-9-20)17(18)22)27(23,24)13-4-5-14(25-2)15(10-13)26-3/h4-5,10,12H,6-9,11H2,1-3H3,(H2,18,22). The van der Waals surface area contributed by atoms with E-state index < -0.39 is 10.0 Å². The van der Waals surface area contributed by atoms with Gasteiger partial charge in [-0.15, -0.1) is 0 Å². The average molecular weight is 399 g/mol. The molecule has 2 rings (SSSR count). The van der Waals surface area contributed by atoms with Gasteiger partial charge in [-0.25, -0.2) is 8.42 Å². The number of hydrogen-bond donors (Lipinski definition) is 1. The van der Waals surface area contributed by atoms with Crippen molar-refractivity contribution in [3.05, 3.63) is 18.2 Å². The molecule has 0 saturated carbocycles. The Morgan fingerprint density at radius 2 is 1.78 bits per heavy atom. The minimum absolute atomic E-state index is 0.00267. The van der Waals surface area contributed by atoms with E-state index in [1.165, 1.54) is 39.5 Å². The van der Waals surface area contributed by atoms with E-state index in [4.69, 9.17) is 15.2 Å². The van der Waals surface area contributed by atoms with E-state index in [-0.39, 0.29) is 34.9 Å². The third-order valence-electron chi connectivity index (χ3n) is 4.67. The first-order valence-corrected chi connectivity index (χ1v) is 9.90. The number of hydrogen-bond acceptors (Lipinski definition) is 6. The highest BCUT2D eigenvalue weighted by molar-refractivity contribution is 7.89. The zero-order chi connectivity index (χ0) is 20.2. The number of methoxy groups -OCH3 is 2. The summed E-state index contributed by atoms with van der Waals surface area (Å²) in [6, 6.07) is 4.25. The molecule has 0 spiro atoms. The van der Waals surface area contributed by atoms with E-state index in [9.17, 15) is 18.0 Å². The molecule has 2 N–H and O–H groups in total. The summed E-state index contributed by atoms with van der Waals surface area (Å²) in [7, 11) is 0.339. The third-order valence-corrected chi connectivity index (χ3v) is 6.47. The Labute approximate surface area is 159 Å². The highest BCUT2D eigenvalue weighted by atomic mass is 32.2. The molecule has 1 aliphatic heterocycles. The molecule has 0 aromatic heterocycles. The second kappa shape index (κ2) is 8.57. The lowest BCUT2D eigenvalue weighted by Crippen LogP contribution is -2.46. The van der Waals surface area contributed by atoms with Crippen LogP contribution in [0.5, 0.6) is 11.5 Å². The smallest absolute Gasteiger partial charge is 0.243 e. The van der Waals surface area contributed by atoms with Crippen molar-refractivity contribution in [2.24, 2.45) is 11.7 Å². The van der Waals surface area contributed by atoms with Gasteiger partial charge in [-0.1, -0.05) is 0 Å². The van der Waals surface area contributed by atoms with Crippen LogP contribution in [0, 0.1) is 5.92 Å². The minimum atomic E-state index is -3.88. The van der Waals surface area contributed by atoms with Crippen LogP contribution in [0.15, 0.2) is 23.1 Å². The van der Waals surface area contributed by atoms with Crippen molar-refractivity contribution in [2.75, 3.05) is 40.9 Å². The first kappa shape index (κ1) is 21.0. The Kier molecular flexibility index (Phi) is 6.66. The molecular formula is C17H25N3O6S. The van der Waals surface area contributed by atoms with Crippen molar-refractivity contribution in [3.8, 4) is 11.5 Å². The Hall–Kier alpha value is -2.33. The molecular weight excluding hydrogens is 374 g/mol. The predicted octanol–water partition coefficient (Wildman–Crippen LogP) is 0.0482. The molecule has 10 heteroatoms. The largest absolute Gasteiger partial charge is 0.493 e. The lowest BCUT2D eigenvalue weighted by atomic mass is 9.96. The third kappa shape index (κ3) is 4.69. The number of nitrogens with two attached hydrogens (primary N) is 1. The highest BCUT2D eigenvalue weighted by Gasteiger charge is 2.29. The van der Waals surface area contributed by atoms with Crippen LogP contribution < -0.4 is 15.2 Å². The summed E-state index contributed by atoms with van der Waals surface area (Å²) in [5.74, 6) is -0.221. The van der Waals surface area contributed by atoms with Crippen LogP contribution in [0.1, 0.15) is 12.8 Å². The molecule has 150 valence electrons. The molecule has 1 heterocycles. The lowest BCUT2D eigenvalue weighted by Gasteiger charge is -2.31. The molecule has 1 fully saturated rings. The van der Waals surface area contributed by atoms with E-state index in [0.717, 1.165) is 4.31 Å². The number of likely N-dealkylation sites (N-methyl/N-ethyl adjacent to an activating group) is 1. The number of carbonyl (C=O) groups is 2. The van der Waals surface area contributed by atoms with E-state index in [1.807, 2.05) is 0 Å². The molecule has 0 atom stereocenters. The maximum absolute atomic E-state index is 12.8. The number of amides is 2. The highest BCUT2D eigenvalue weighted by Crippen LogP contribution is 2.30. The maximum Gasteiger partial charge on any atom is 0.243 e. The van der Waals surface area contributed by atoms with Crippen LogP contribution in [0.2, 0.25) is 0 Å². The molecule has 2 amide bonds. The number of benzene rings is 1. The van der Waals surface area contributed by atoms with Crippen molar-refractivity contribution in [2.45, 2.75) is 17.7 Å². The van der Waals surface area contributed by atoms with Crippen molar-refractivity contribution < 1.29 is 27.5 Å². The minimum Gasteiger partial charge on any atom is -0.493 e. The molecule has 1 aromatic rings. The number of piperidine rings is 1. The molecule has 1 saturated heterocycles. The van der Waals surface area contributed by atoms with Gasteiger partial charge in [0.1, 0.15) is 0 Å². The molecule has 0 aliphatic carbocycles. The van der Waals surface area contributed by atoms with Crippen LogP contribution in [0.4, 0.5) is 0 Å². The number of nitrogens with zero attached hydrogens (tertiary/aromatic N) is 2. The van der Waals surface area contributed by atoms with Crippen LogP contribution >= 0.6 is 0 Å². The molecule has 1 aliphatic rings. The van der Waals surface area contributed by atoms with Gasteiger partial charge in [0.2, 0.25) is 21.8 Å². The molecule has 0 unspecified atom stereocenters. The summed E-state index contributed by atoms with van der Waals surface area (Å²) in [5.41, 5.74) is 5.29. The predicted molar refractivity (Wildman–Crippen MR) is 97.9 cm³/mol. The molecule has 1 aromatic carbocycles. The fourth-order valence-corrected chi connectivity index (χ4v) is 4.08. The Bertz CT molecular complexity index is 803. The Morgan fingerprint density at radius 3 is 2.30 bits per heavy atom. The van der Waals surface area contributed by atoms with Crippen molar-refractivity contribution in [3.63, 3.8) is 0 Å². The molecule has 0 radical (unpaired) electrons. The molecule has 27 heavy (non-hydrogen) atoms. The van der Waals surface area contributed by atoms with Gasteiger partial charge >= 0.3 is 0 Å². The summed E-state index contributed by atoms with van der Waals surface area (Å²) in [5, 5.41) is 0. The van der Waals surface area contributed by atoms with Crippen molar-refractivity contribution in [1.82, 2.24) is 9.21 Å². The second-order valence-electron chi connectivity index (χ2n) is 6.34. The Morgan fingerprint density at radius 1 is 1.19 bits per heavy atom. The maximum atomic E-state index is 12.8. The quantitative estimate of drug-likeness (QED) is 0.692. The SMILES string of the molecule is COc1ccc(S(=O)(=O)N(C)CC(=O)N2CCC(C(N)=O)CC2)cc1OC. The van der Waals surface area contributed by atoms with Gasteiger partial charge in [0.05, 0.1) is 25.7 Å². The van der Waals surface area contributed by atoms with Gasteiger partial charge in [-0.2, -0.15) is 4.31 Å². The van der Waals surface area contributed by atoms with E-state index >= 15 is 0 Å². The van der Waals surface area contributed by atoms with Gasteiger partial charge < -0.3 is 20.1 Å². The zero-order valence-electron chi connectivity index (χ0n) is 15.7. The van der Waals surface area contributed by atoms with Gasteiger partial charge in [-0.05, 0) is 25.0 Å². The Balaban J connectivity index is 2.07. The van der Waals surface area contributed by atoms with E-state index in [0.29, 0.717) is 31.7 Å². The fourth-order valence-electron chi connectivity index (χ4n) is 2.95. The van der Waals surface area contributed by atoms with Crippen molar-refractivity contribution >= 4 is 21.8 Å². The number of ether oxygens (including phenoxy) is 2. The van der Waals surface area contributed by atoms with Crippen LogP contribution in [0.25, 0.3) is 0 Å². The summed E-state index contributed by atoms with van der Waals surface area (Å²) in [4.78, 5) is 25.2. The molecule has 0 bridgehead atoms. The lowest BCUT2D eigenvalue weighted by molar-refractivity contribution is -0.134. The average Bonchev–Trinajstić information content (AvgIpc) is 2.67.